The van der Waals surface area contributed by atoms with Gasteiger partial charge in [-0.25, -0.2) is 4.79 Å². The maximum absolute atomic E-state index is 13.0. The molecule has 2 N–H and O–H groups in total. The Kier molecular flexibility index (Phi) is 5.98. The Morgan fingerprint density at radius 3 is 2.38 bits per heavy atom. The third-order valence-electron chi connectivity index (χ3n) is 6.14. The molecule has 29 heavy (non-hydrogen) atoms. The van der Waals surface area contributed by atoms with E-state index in [1.807, 2.05) is 31.2 Å². The van der Waals surface area contributed by atoms with Crippen LogP contribution < -0.4 is 10.6 Å². The van der Waals surface area contributed by atoms with Crippen LogP contribution in [0.3, 0.4) is 0 Å². The van der Waals surface area contributed by atoms with Crippen molar-refractivity contribution in [2.75, 3.05) is 26.2 Å². The molecule has 1 aromatic carbocycles. The topological polar surface area (TPSA) is 81.8 Å². The van der Waals surface area contributed by atoms with Crippen molar-refractivity contribution in [2.24, 2.45) is 0 Å². The zero-order valence-corrected chi connectivity index (χ0v) is 17.9. The average molecular weight is 401 g/mol. The first-order valence-corrected chi connectivity index (χ1v) is 10.4. The van der Waals surface area contributed by atoms with Gasteiger partial charge >= 0.3 is 6.03 Å². The number of nitrogens with one attached hydrogen (secondary N) is 2. The quantitative estimate of drug-likeness (QED) is 0.717. The van der Waals surface area contributed by atoms with Crippen molar-refractivity contribution >= 4 is 17.8 Å². The maximum Gasteiger partial charge on any atom is 0.325 e. The van der Waals surface area contributed by atoms with E-state index in [0.717, 1.165) is 23.6 Å². The summed E-state index contributed by atoms with van der Waals surface area (Å²) in [6.07, 6.45) is 3.61. The van der Waals surface area contributed by atoms with E-state index >= 15 is 0 Å². The summed E-state index contributed by atoms with van der Waals surface area (Å²) in [5, 5.41) is 5.65. The maximum atomic E-state index is 13.0. The van der Waals surface area contributed by atoms with Crippen LogP contribution in [0.1, 0.15) is 51.2 Å². The third kappa shape index (κ3) is 4.45. The first-order chi connectivity index (χ1) is 13.6. The van der Waals surface area contributed by atoms with Gasteiger partial charge in [-0.2, -0.15) is 0 Å². The second-order valence-corrected chi connectivity index (χ2v) is 8.95. The van der Waals surface area contributed by atoms with E-state index in [9.17, 15) is 14.4 Å². The van der Waals surface area contributed by atoms with Crippen molar-refractivity contribution in [3.8, 4) is 0 Å². The summed E-state index contributed by atoms with van der Waals surface area (Å²) in [4.78, 5) is 41.3. The minimum Gasteiger partial charge on any atom is -0.353 e. The van der Waals surface area contributed by atoms with Gasteiger partial charge in [0, 0.05) is 12.1 Å². The molecule has 1 atom stereocenters. The van der Waals surface area contributed by atoms with Crippen molar-refractivity contribution in [1.82, 2.24) is 20.4 Å². The summed E-state index contributed by atoms with van der Waals surface area (Å²) in [7, 11) is 0. The number of hydrogen-bond donors (Lipinski definition) is 2. The van der Waals surface area contributed by atoms with Crippen LogP contribution in [0.4, 0.5) is 4.79 Å². The Labute approximate surface area is 172 Å². The van der Waals surface area contributed by atoms with Gasteiger partial charge in [0.25, 0.3) is 5.91 Å². The molecule has 0 aliphatic carbocycles. The highest BCUT2D eigenvalue weighted by atomic mass is 16.2. The Hall–Kier alpha value is -2.41. The average Bonchev–Trinajstić information content (AvgIpc) is 2.91. The second kappa shape index (κ2) is 8.14. The summed E-state index contributed by atoms with van der Waals surface area (Å²) in [5.74, 6) is -0.733. The van der Waals surface area contributed by atoms with Crippen LogP contribution in [-0.4, -0.2) is 59.4 Å². The predicted molar refractivity (Wildman–Crippen MR) is 111 cm³/mol. The van der Waals surface area contributed by atoms with E-state index < -0.39 is 17.5 Å². The second-order valence-electron chi connectivity index (χ2n) is 8.95. The van der Waals surface area contributed by atoms with Gasteiger partial charge in [0.1, 0.15) is 12.1 Å². The summed E-state index contributed by atoms with van der Waals surface area (Å²) in [6, 6.07) is 6.93. The van der Waals surface area contributed by atoms with Crippen LogP contribution in [0, 0.1) is 6.92 Å². The molecule has 1 aromatic rings. The van der Waals surface area contributed by atoms with Crippen molar-refractivity contribution in [2.45, 2.75) is 58.0 Å². The molecular formula is C22H32N4O3. The van der Waals surface area contributed by atoms with Crippen molar-refractivity contribution in [3.63, 3.8) is 0 Å². The van der Waals surface area contributed by atoms with E-state index in [-0.39, 0.29) is 18.0 Å². The van der Waals surface area contributed by atoms with Crippen molar-refractivity contribution in [3.05, 3.63) is 35.4 Å². The highest BCUT2D eigenvalue weighted by Crippen LogP contribution is 2.29. The summed E-state index contributed by atoms with van der Waals surface area (Å²) in [6.45, 7) is 10.1. The fourth-order valence-corrected chi connectivity index (χ4v) is 4.05. The molecule has 2 heterocycles. The normalized spacial score (nSPS) is 23.2. The Balaban J connectivity index is 1.61. The smallest absolute Gasteiger partial charge is 0.325 e. The van der Waals surface area contributed by atoms with E-state index in [1.165, 1.54) is 19.3 Å². The van der Waals surface area contributed by atoms with Gasteiger partial charge in [0.2, 0.25) is 5.91 Å². The third-order valence-corrected chi connectivity index (χ3v) is 6.14. The molecule has 0 saturated carbocycles. The number of aryl methyl sites for hydroxylation is 1. The van der Waals surface area contributed by atoms with Crippen LogP contribution in [0.15, 0.2) is 24.3 Å². The molecule has 1 unspecified atom stereocenters. The number of piperidine rings is 1. The van der Waals surface area contributed by atoms with Crippen LogP contribution in [0.5, 0.6) is 0 Å². The lowest BCUT2D eigenvalue weighted by molar-refractivity contribution is -0.135. The van der Waals surface area contributed by atoms with Crippen LogP contribution >= 0.6 is 0 Å². The van der Waals surface area contributed by atoms with Gasteiger partial charge in [0.05, 0.1) is 0 Å². The molecule has 0 spiro atoms. The first-order valence-electron chi connectivity index (χ1n) is 10.4. The molecule has 0 bridgehead atoms. The van der Waals surface area contributed by atoms with E-state index in [2.05, 4.69) is 29.4 Å². The van der Waals surface area contributed by atoms with Gasteiger partial charge in [-0.1, -0.05) is 36.2 Å². The van der Waals surface area contributed by atoms with Gasteiger partial charge in [0.15, 0.2) is 0 Å². The minimum atomic E-state index is -1.15. The number of amides is 4. The highest BCUT2D eigenvalue weighted by molar-refractivity contribution is 6.09. The summed E-state index contributed by atoms with van der Waals surface area (Å²) >= 11 is 0. The fraction of sp³-hybridized carbons (Fsp3) is 0.591. The predicted octanol–water partition coefficient (Wildman–Crippen LogP) is 2.14. The molecule has 2 aliphatic heterocycles. The van der Waals surface area contributed by atoms with Crippen LogP contribution in [0.2, 0.25) is 0 Å². The number of hydrogen-bond acceptors (Lipinski definition) is 4. The summed E-state index contributed by atoms with van der Waals surface area (Å²) in [5.41, 5.74) is 0.458. The molecule has 158 valence electrons. The number of urea groups is 1. The van der Waals surface area contributed by atoms with E-state index in [4.69, 9.17) is 0 Å². The Morgan fingerprint density at radius 1 is 1.14 bits per heavy atom. The lowest BCUT2D eigenvalue weighted by Crippen LogP contribution is -2.54. The standard InChI is InChI=1S/C22H32N4O3/c1-16-8-10-17(11-9-16)22(4)19(28)26(20(29)24-22)14-18(27)23-15-21(2,3)25-12-6-5-7-13-25/h8-11H,5-7,12-15H2,1-4H3,(H,23,27)(H,24,29). The Bertz CT molecular complexity index is 784. The largest absolute Gasteiger partial charge is 0.353 e. The molecule has 7 nitrogen and oxygen atoms in total. The van der Waals surface area contributed by atoms with Crippen LogP contribution in [0.25, 0.3) is 0 Å². The monoisotopic (exact) mass is 400 g/mol. The fourth-order valence-electron chi connectivity index (χ4n) is 4.05. The van der Waals surface area contributed by atoms with Crippen LogP contribution in [-0.2, 0) is 15.1 Å². The van der Waals surface area contributed by atoms with E-state index in [1.54, 1.807) is 6.92 Å². The minimum absolute atomic E-state index is 0.163. The molecule has 3 rings (SSSR count). The number of benzene rings is 1. The molecule has 2 fully saturated rings. The number of rotatable bonds is 6. The van der Waals surface area contributed by atoms with Crippen molar-refractivity contribution < 1.29 is 14.4 Å². The number of nitrogens with zero attached hydrogens (tertiary/aromatic N) is 2. The molecule has 7 heteroatoms. The molecule has 0 aromatic heterocycles. The zero-order valence-electron chi connectivity index (χ0n) is 17.9. The molecule has 2 saturated heterocycles. The molecular weight excluding hydrogens is 368 g/mol. The van der Waals surface area contributed by atoms with Gasteiger partial charge in [-0.15, -0.1) is 0 Å². The zero-order chi connectivity index (χ0) is 21.2. The van der Waals surface area contributed by atoms with Gasteiger partial charge in [-0.05, 0) is 59.2 Å². The molecule has 4 amide bonds. The summed E-state index contributed by atoms with van der Waals surface area (Å²) < 4.78 is 0. The number of carbonyl (C=O) groups is 3. The van der Waals surface area contributed by atoms with E-state index in [0.29, 0.717) is 12.1 Å². The molecule has 2 aliphatic rings. The van der Waals surface area contributed by atoms with Gasteiger partial charge in [-0.3, -0.25) is 19.4 Å². The molecule has 0 radical (unpaired) electrons. The SMILES string of the molecule is Cc1ccc(C2(C)NC(=O)N(CC(=O)NCC(C)(C)N3CCCCC3)C2=O)cc1. The number of carbonyl (C=O) groups excluding carboxylic acids is 3. The number of likely N-dealkylation sites (tertiary alicyclic amines) is 1. The lowest BCUT2D eigenvalue weighted by Gasteiger charge is -2.41. The Morgan fingerprint density at radius 2 is 1.76 bits per heavy atom. The number of imide groups is 1. The lowest BCUT2D eigenvalue weighted by atomic mass is 9.91. The first kappa shape index (κ1) is 21.3. The van der Waals surface area contributed by atoms with Gasteiger partial charge < -0.3 is 10.6 Å². The van der Waals surface area contributed by atoms with Crippen molar-refractivity contribution in [1.29, 1.82) is 0 Å². The highest BCUT2D eigenvalue weighted by Gasteiger charge is 2.49.